The molecule has 12 aromatic rings. The Labute approximate surface area is 366 Å². The van der Waals surface area contributed by atoms with Gasteiger partial charge in [-0.15, -0.1) is 11.3 Å². The first-order valence-electron chi connectivity index (χ1n) is 21.3. The van der Waals surface area contributed by atoms with Gasteiger partial charge < -0.3 is 4.42 Å². The first-order chi connectivity index (χ1) is 31.2. The van der Waals surface area contributed by atoms with Crippen molar-refractivity contribution >= 4 is 53.4 Å². The standard InChI is InChI=1S/C58H33N3OS/c1-2-14-34(15-3-1)55-59-56(35-27-29-52-45(30-35)42-20-8-12-24-51(42)62-52)61-57(60-55)36-26-28-41-38-17-5-4-16-37(38)39-18-6-10-22-47(39)58(49(41)31-36)48-23-11-7-19-40(48)44-32-46-43-21-9-13-25-53(43)63-54(46)33-50(44)58/h1-33H. The molecule has 2 aliphatic rings. The summed E-state index contributed by atoms with van der Waals surface area (Å²) in [5, 5.41) is 4.69. The number of fused-ring (bicyclic) bond motifs is 18. The number of nitrogens with zero attached hydrogens (tertiary/aromatic N) is 3. The SMILES string of the molecule is c1ccc(-c2nc(-c3ccc4c(c3)C3(c5ccccc5-c5ccccc5-4)c4ccccc4-c4cc5c(cc43)sc3ccccc35)nc(-c3ccc4oc5ccccc5c4c3)n2)cc1. The summed E-state index contributed by atoms with van der Waals surface area (Å²) in [6.45, 7) is 0. The van der Waals surface area contributed by atoms with E-state index < -0.39 is 5.41 Å². The molecule has 1 atom stereocenters. The van der Waals surface area contributed by atoms with Gasteiger partial charge in [-0.25, -0.2) is 15.0 Å². The second-order valence-corrected chi connectivity index (χ2v) is 17.7. The van der Waals surface area contributed by atoms with Gasteiger partial charge in [0.15, 0.2) is 17.5 Å². The predicted molar refractivity (Wildman–Crippen MR) is 258 cm³/mol. The van der Waals surface area contributed by atoms with E-state index in [-0.39, 0.29) is 0 Å². The van der Waals surface area contributed by atoms with Crippen LogP contribution < -0.4 is 0 Å². The first-order valence-corrected chi connectivity index (χ1v) is 22.2. The van der Waals surface area contributed by atoms with E-state index in [2.05, 4.69) is 158 Å². The van der Waals surface area contributed by atoms with Crippen molar-refractivity contribution in [2.75, 3.05) is 0 Å². The lowest BCUT2D eigenvalue weighted by atomic mass is 9.65. The van der Waals surface area contributed by atoms with Crippen LogP contribution in [0.1, 0.15) is 22.3 Å². The highest BCUT2D eigenvalue weighted by atomic mass is 32.1. The fraction of sp³-hybridized carbons (Fsp3) is 0.0172. The maximum Gasteiger partial charge on any atom is 0.164 e. The summed E-state index contributed by atoms with van der Waals surface area (Å²) >= 11 is 1.88. The molecule has 9 aromatic carbocycles. The summed E-state index contributed by atoms with van der Waals surface area (Å²) in [6.07, 6.45) is 0. The molecule has 4 nitrogen and oxygen atoms in total. The summed E-state index contributed by atoms with van der Waals surface area (Å²) in [5.41, 5.74) is 16.2. The van der Waals surface area contributed by atoms with Crippen LogP contribution in [-0.2, 0) is 5.41 Å². The molecule has 5 heteroatoms. The van der Waals surface area contributed by atoms with Crippen LogP contribution in [0.2, 0.25) is 0 Å². The zero-order chi connectivity index (χ0) is 41.2. The van der Waals surface area contributed by atoms with E-state index in [1.807, 2.05) is 53.8 Å². The molecule has 0 saturated carbocycles. The molecule has 0 radical (unpaired) electrons. The van der Waals surface area contributed by atoms with E-state index in [4.69, 9.17) is 19.4 Å². The van der Waals surface area contributed by atoms with Crippen molar-refractivity contribution in [2.24, 2.45) is 0 Å². The second-order valence-electron chi connectivity index (χ2n) is 16.6. The van der Waals surface area contributed by atoms with E-state index in [9.17, 15) is 0 Å². The number of benzene rings is 9. The first kappa shape index (κ1) is 34.7. The van der Waals surface area contributed by atoms with E-state index in [0.29, 0.717) is 17.5 Å². The minimum atomic E-state index is -0.664. The van der Waals surface area contributed by atoms with Gasteiger partial charge in [-0.05, 0) is 104 Å². The molecule has 0 amide bonds. The van der Waals surface area contributed by atoms with E-state index in [0.717, 1.165) is 38.6 Å². The van der Waals surface area contributed by atoms with Crippen LogP contribution in [0, 0.1) is 0 Å². The third-order valence-corrected chi connectivity index (χ3v) is 14.5. The maximum absolute atomic E-state index is 6.22. The minimum absolute atomic E-state index is 0.607. The van der Waals surface area contributed by atoms with Crippen molar-refractivity contribution in [2.45, 2.75) is 5.41 Å². The van der Waals surface area contributed by atoms with Gasteiger partial charge in [-0.2, -0.15) is 0 Å². The molecule has 0 bridgehead atoms. The molecule has 1 spiro atoms. The van der Waals surface area contributed by atoms with E-state index in [1.165, 1.54) is 75.8 Å². The highest BCUT2D eigenvalue weighted by molar-refractivity contribution is 7.25. The summed E-state index contributed by atoms with van der Waals surface area (Å²) in [4.78, 5) is 15.8. The normalized spacial score (nSPS) is 14.7. The molecule has 3 aromatic heterocycles. The Bertz CT molecular complexity index is 3880. The minimum Gasteiger partial charge on any atom is -0.456 e. The van der Waals surface area contributed by atoms with Crippen LogP contribution >= 0.6 is 11.3 Å². The van der Waals surface area contributed by atoms with Crippen LogP contribution in [-0.4, -0.2) is 15.0 Å². The lowest BCUT2D eigenvalue weighted by molar-refractivity contribution is 0.669. The molecule has 292 valence electrons. The predicted octanol–water partition coefficient (Wildman–Crippen LogP) is 15.2. The smallest absolute Gasteiger partial charge is 0.164 e. The monoisotopic (exact) mass is 819 g/mol. The Morgan fingerprint density at radius 3 is 1.62 bits per heavy atom. The van der Waals surface area contributed by atoms with Crippen molar-refractivity contribution in [3.63, 3.8) is 0 Å². The molecule has 1 unspecified atom stereocenters. The molecule has 0 fully saturated rings. The maximum atomic E-state index is 6.22. The zero-order valence-electron chi connectivity index (χ0n) is 33.7. The average Bonchev–Trinajstić information content (AvgIpc) is 3.98. The quantitative estimate of drug-likeness (QED) is 0.178. The lowest BCUT2D eigenvalue weighted by Gasteiger charge is -2.35. The third kappa shape index (κ3) is 4.88. The molecule has 63 heavy (non-hydrogen) atoms. The topological polar surface area (TPSA) is 51.8 Å². The lowest BCUT2D eigenvalue weighted by Crippen LogP contribution is -2.29. The molecule has 3 heterocycles. The molecule has 0 saturated heterocycles. The van der Waals surface area contributed by atoms with Crippen molar-refractivity contribution in [3.05, 3.63) is 222 Å². The number of para-hydroxylation sites is 1. The van der Waals surface area contributed by atoms with Gasteiger partial charge >= 0.3 is 0 Å². The summed E-state index contributed by atoms with van der Waals surface area (Å²) in [6, 6.07) is 72.3. The Morgan fingerprint density at radius 2 is 0.857 bits per heavy atom. The van der Waals surface area contributed by atoms with Gasteiger partial charge in [-0.3, -0.25) is 0 Å². The number of furan rings is 1. The molecular weight excluding hydrogens is 787 g/mol. The zero-order valence-corrected chi connectivity index (χ0v) is 34.5. The van der Waals surface area contributed by atoms with Crippen molar-refractivity contribution in [3.8, 4) is 67.5 Å². The Balaban J connectivity index is 1.08. The number of hydrogen-bond acceptors (Lipinski definition) is 5. The van der Waals surface area contributed by atoms with Gasteiger partial charge in [-0.1, -0.05) is 152 Å². The van der Waals surface area contributed by atoms with Crippen LogP contribution in [0.3, 0.4) is 0 Å². The van der Waals surface area contributed by atoms with Crippen LogP contribution in [0.25, 0.3) is 110 Å². The third-order valence-electron chi connectivity index (χ3n) is 13.4. The van der Waals surface area contributed by atoms with Gasteiger partial charge in [0.05, 0.1) is 5.41 Å². The number of hydrogen-bond donors (Lipinski definition) is 0. The van der Waals surface area contributed by atoms with Crippen molar-refractivity contribution in [1.82, 2.24) is 15.0 Å². The largest absolute Gasteiger partial charge is 0.456 e. The average molecular weight is 820 g/mol. The van der Waals surface area contributed by atoms with Crippen LogP contribution in [0.15, 0.2) is 205 Å². The van der Waals surface area contributed by atoms with Crippen molar-refractivity contribution < 1.29 is 4.42 Å². The Kier molecular flexibility index (Phi) is 7.16. The van der Waals surface area contributed by atoms with Crippen LogP contribution in [0.4, 0.5) is 0 Å². The molecule has 0 aliphatic heterocycles. The van der Waals surface area contributed by atoms with Crippen molar-refractivity contribution in [1.29, 1.82) is 0 Å². The highest BCUT2D eigenvalue weighted by Crippen LogP contribution is 2.62. The van der Waals surface area contributed by atoms with E-state index in [1.54, 1.807) is 0 Å². The second kappa shape index (κ2) is 13.0. The van der Waals surface area contributed by atoms with Gasteiger partial charge in [0, 0.05) is 47.6 Å². The summed E-state index contributed by atoms with van der Waals surface area (Å²) < 4.78 is 8.81. The number of thiophene rings is 1. The van der Waals surface area contributed by atoms with Gasteiger partial charge in [0.25, 0.3) is 0 Å². The highest BCUT2D eigenvalue weighted by Gasteiger charge is 2.50. The summed E-state index contributed by atoms with van der Waals surface area (Å²) in [7, 11) is 0. The van der Waals surface area contributed by atoms with Gasteiger partial charge in [0.2, 0.25) is 0 Å². The fourth-order valence-corrected chi connectivity index (χ4v) is 11.8. The van der Waals surface area contributed by atoms with E-state index >= 15 is 0 Å². The molecule has 0 N–H and O–H groups in total. The molecule has 2 aliphatic carbocycles. The molecule has 14 rings (SSSR count). The fourth-order valence-electron chi connectivity index (χ4n) is 10.7. The number of rotatable bonds is 3. The number of aromatic nitrogens is 3. The van der Waals surface area contributed by atoms with Gasteiger partial charge in [0.1, 0.15) is 11.2 Å². The Hall–Kier alpha value is -7.99. The summed E-state index contributed by atoms with van der Waals surface area (Å²) in [5.74, 6) is 1.85. The Morgan fingerprint density at radius 1 is 0.317 bits per heavy atom. The molecular formula is C58H33N3OS. The van der Waals surface area contributed by atoms with Crippen LogP contribution in [0.5, 0.6) is 0 Å².